The molecule has 2 aromatic rings. The number of urea groups is 1. The fourth-order valence-corrected chi connectivity index (χ4v) is 4.14. The molecule has 2 heterocycles. The highest BCUT2D eigenvalue weighted by Crippen LogP contribution is 2.36. The Morgan fingerprint density at radius 3 is 2.64 bits per heavy atom. The van der Waals surface area contributed by atoms with Crippen LogP contribution in [-0.4, -0.2) is 34.5 Å². The van der Waals surface area contributed by atoms with Crippen LogP contribution < -0.4 is 4.90 Å². The second-order valence-corrected chi connectivity index (χ2v) is 6.23. The van der Waals surface area contributed by atoms with E-state index in [1.807, 2.05) is 24.3 Å². The van der Waals surface area contributed by atoms with Crippen molar-refractivity contribution >= 4 is 40.2 Å². The van der Waals surface area contributed by atoms with E-state index in [0.29, 0.717) is 22.9 Å². The molecule has 0 spiro atoms. The largest absolute Gasteiger partial charge is 0.332 e. The molecular weight excluding hydrogens is 298 g/mol. The summed E-state index contributed by atoms with van der Waals surface area (Å²) in [4.78, 5) is 28.0. The van der Waals surface area contributed by atoms with Crippen LogP contribution in [0.25, 0.3) is 10.8 Å². The summed E-state index contributed by atoms with van der Waals surface area (Å²) in [6, 6.07) is 12.2. The first-order chi connectivity index (χ1) is 10.7. The topological polar surface area (TPSA) is 64.4 Å². The number of nitrogens with zero attached hydrogens (tertiary/aromatic N) is 3. The molecule has 0 bridgehead atoms. The maximum absolute atomic E-state index is 12.6. The van der Waals surface area contributed by atoms with E-state index in [-0.39, 0.29) is 18.0 Å². The third kappa shape index (κ3) is 1.66. The lowest BCUT2D eigenvalue weighted by Gasteiger charge is -2.18. The first kappa shape index (κ1) is 13.2. The van der Waals surface area contributed by atoms with E-state index in [2.05, 4.69) is 6.07 Å². The minimum Gasteiger partial charge on any atom is -0.302 e. The van der Waals surface area contributed by atoms with Crippen LogP contribution in [0, 0.1) is 11.3 Å². The molecule has 2 aliphatic rings. The molecule has 3 amide bonds. The highest BCUT2D eigenvalue weighted by atomic mass is 32.2. The van der Waals surface area contributed by atoms with Crippen LogP contribution in [-0.2, 0) is 4.79 Å². The van der Waals surface area contributed by atoms with Crippen molar-refractivity contribution in [3.05, 3.63) is 42.0 Å². The lowest BCUT2D eigenvalue weighted by Crippen LogP contribution is -2.32. The van der Waals surface area contributed by atoms with Crippen molar-refractivity contribution in [3.63, 3.8) is 0 Å². The third-order valence-electron chi connectivity index (χ3n) is 4.09. The van der Waals surface area contributed by atoms with Gasteiger partial charge in [-0.3, -0.25) is 4.79 Å². The number of rotatable bonds is 1. The Labute approximate surface area is 131 Å². The quantitative estimate of drug-likeness (QED) is 0.759. The van der Waals surface area contributed by atoms with Crippen LogP contribution in [0.3, 0.4) is 0 Å². The standard InChI is InChI=1S/C16H11N3O2S/c17-7-10-5-6-13(12-4-2-1-3-11(10)12)19-15(20)14-8-22-9-18(14)16(19)21/h1-6,14H,8-9H2/t14-/m0/s1. The van der Waals surface area contributed by atoms with Gasteiger partial charge in [-0.2, -0.15) is 5.26 Å². The molecule has 1 atom stereocenters. The van der Waals surface area contributed by atoms with E-state index >= 15 is 0 Å². The molecule has 2 saturated heterocycles. The van der Waals surface area contributed by atoms with Crippen LogP contribution in [0.15, 0.2) is 36.4 Å². The van der Waals surface area contributed by atoms with Crippen LogP contribution in [0.1, 0.15) is 5.56 Å². The number of benzene rings is 2. The molecule has 5 nitrogen and oxygen atoms in total. The number of amides is 3. The molecule has 2 aromatic carbocycles. The Bertz CT molecular complexity index is 836. The van der Waals surface area contributed by atoms with E-state index < -0.39 is 0 Å². The van der Waals surface area contributed by atoms with Gasteiger partial charge in [-0.15, -0.1) is 11.8 Å². The summed E-state index contributed by atoms with van der Waals surface area (Å²) >= 11 is 1.60. The molecule has 108 valence electrons. The Balaban J connectivity index is 1.91. The number of nitriles is 1. The van der Waals surface area contributed by atoms with Gasteiger partial charge in [0.2, 0.25) is 0 Å². The highest BCUT2D eigenvalue weighted by Gasteiger charge is 2.48. The predicted octanol–water partition coefficient (Wildman–Crippen LogP) is 2.55. The average Bonchev–Trinajstić information content (AvgIpc) is 3.11. The number of hydrogen-bond donors (Lipinski definition) is 0. The van der Waals surface area contributed by atoms with Gasteiger partial charge in [-0.25, -0.2) is 9.69 Å². The van der Waals surface area contributed by atoms with Crippen molar-refractivity contribution in [1.29, 1.82) is 5.26 Å². The van der Waals surface area contributed by atoms with Crippen LogP contribution >= 0.6 is 11.8 Å². The summed E-state index contributed by atoms with van der Waals surface area (Å²) in [6.45, 7) is 0. The SMILES string of the molecule is N#Cc1ccc(N2C(=O)[C@@H]3CSCN3C2=O)c2ccccc12. The minimum absolute atomic E-state index is 0.176. The molecule has 4 rings (SSSR count). The summed E-state index contributed by atoms with van der Waals surface area (Å²) in [7, 11) is 0. The highest BCUT2D eigenvalue weighted by molar-refractivity contribution is 7.99. The van der Waals surface area contributed by atoms with E-state index in [4.69, 9.17) is 0 Å². The van der Waals surface area contributed by atoms with Gasteiger partial charge in [0, 0.05) is 16.5 Å². The van der Waals surface area contributed by atoms with Gasteiger partial charge in [0.05, 0.1) is 23.2 Å². The monoisotopic (exact) mass is 309 g/mol. The molecule has 0 N–H and O–H groups in total. The first-order valence-corrected chi connectivity index (χ1v) is 8.02. The zero-order chi connectivity index (χ0) is 15.3. The molecule has 2 aliphatic heterocycles. The van der Waals surface area contributed by atoms with Gasteiger partial charge in [0.15, 0.2) is 0 Å². The zero-order valence-electron chi connectivity index (χ0n) is 11.5. The molecule has 0 aromatic heterocycles. The van der Waals surface area contributed by atoms with Gasteiger partial charge >= 0.3 is 6.03 Å². The lowest BCUT2D eigenvalue weighted by atomic mass is 10.0. The van der Waals surface area contributed by atoms with Gasteiger partial charge in [0.25, 0.3) is 5.91 Å². The fraction of sp³-hybridized carbons (Fsp3) is 0.188. The van der Waals surface area contributed by atoms with Gasteiger partial charge in [-0.05, 0) is 12.1 Å². The smallest absolute Gasteiger partial charge is 0.302 e. The zero-order valence-corrected chi connectivity index (χ0v) is 12.3. The summed E-state index contributed by atoms with van der Waals surface area (Å²) in [6.07, 6.45) is 0. The molecule has 0 unspecified atom stereocenters. The maximum Gasteiger partial charge on any atom is 0.332 e. The van der Waals surface area contributed by atoms with E-state index in [9.17, 15) is 14.9 Å². The molecule has 6 heteroatoms. The Morgan fingerprint density at radius 2 is 1.91 bits per heavy atom. The number of imide groups is 1. The lowest BCUT2D eigenvalue weighted by molar-refractivity contribution is -0.118. The average molecular weight is 309 g/mol. The van der Waals surface area contributed by atoms with E-state index in [1.54, 1.807) is 28.8 Å². The second kappa shape index (κ2) is 4.75. The van der Waals surface area contributed by atoms with Crippen molar-refractivity contribution in [2.24, 2.45) is 0 Å². The van der Waals surface area contributed by atoms with E-state index in [1.165, 1.54) is 4.90 Å². The second-order valence-electron chi connectivity index (χ2n) is 5.23. The Kier molecular flexibility index (Phi) is 2.84. The molecular formula is C16H11N3O2S. The fourth-order valence-electron chi connectivity index (χ4n) is 3.00. The molecule has 0 radical (unpaired) electrons. The number of carbonyl (C=O) groups excluding carboxylic acids is 2. The number of carbonyl (C=O) groups is 2. The van der Waals surface area contributed by atoms with Gasteiger partial charge in [-0.1, -0.05) is 24.3 Å². The summed E-state index contributed by atoms with van der Waals surface area (Å²) in [5.74, 6) is 1.03. The first-order valence-electron chi connectivity index (χ1n) is 6.86. The van der Waals surface area contributed by atoms with Gasteiger partial charge < -0.3 is 4.90 Å². The normalized spacial score (nSPS) is 20.6. The maximum atomic E-state index is 12.6. The Morgan fingerprint density at radius 1 is 1.14 bits per heavy atom. The third-order valence-corrected chi connectivity index (χ3v) is 5.10. The Hall–Kier alpha value is -2.52. The molecule has 0 aliphatic carbocycles. The predicted molar refractivity (Wildman–Crippen MR) is 84.5 cm³/mol. The summed E-state index contributed by atoms with van der Waals surface area (Å²) < 4.78 is 0. The van der Waals surface area contributed by atoms with Crippen LogP contribution in [0.5, 0.6) is 0 Å². The number of thioether (sulfide) groups is 1. The summed E-state index contributed by atoms with van der Waals surface area (Å²) in [5.41, 5.74) is 1.10. The molecule has 2 fully saturated rings. The number of fused-ring (bicyclic) bond motifs is 2. The van der Waals surface area contributed by atoms with E-state index in [0.717, 1.165) is 10.8 Å². The summed E-state index contributed by atoms with van der Waals surface area (Å²) in [5, 5.41) is 10.7. The van der Waals surface area contributed by atoms with Crippen molar-refractivity contribution in [3.8, 4) is 6.07 Å². The minimum atomic E-state index is -0.355. The molecule has 0 saturated carbocycles. The van der Waals surface area contributed by atoms with Gasteiger partial charge in [0.1, 0.15) is 6.04 Å². The van der Waals surface area contributed by atoms with Crippen LogP contribution in [0.2, 0.25) is 0 Å². The van der Waals surface area contributed by atoms with Crippen molar-refractivity contribution in [2.45, 2.75) is 6.04 Å². The van der Waals surface area contributed by atoms with Crippen molar-refractivity contribution < 1.29 is 9.59 Å². The molecule has 22 heavy (non-hydrogen) atoms. The number of anilines is 1. The van der Waals surface area contributed by atoms with Crippen molar-refractivity contribution in [2.75, 3.05) is 16.5 Å². The van der Waals surface area contributed by atoms with Crippen molar-refractivity contribution in [1.82, 2.24) is 4.90 Å². The van der Waals surface area contributed by atoms with Crippen LogP contribution in [0.4, 0.5) is 10.5 Å². The number of hydrogen-bond acceptors (Lipinski definition) is 4.